The minimum atomic E-state index is -0.111. The van der Waals surface area contributed by atoms with Crippen LogP contribution in [-0.2, 0) is 4.79 Å². The number of nitrogens with one attached hydrogen (secondary N) is 2. The SMILES string of the molecule is CC(=O)Nc1cccc(Nc2ncc3cccc(OC4CCN(C(C)C)CC4)c3n2)c1. The fraction of sp³-hybridized carbons (Fsp3) is 0.375. The molecule has 7 nitrogen and oxygen atoms in total. The number of hydrogen-bond acceptors (Lipinski definition) is 6. The topological polar surface area (TPSA) is 79.4 Å². The van der Waals surface area contributed by atoms with Gasteiger partial charge in [0.05, 0.1) is 0 Å². The zero-order valence-corrected chi connectivity index (χ0v) is 18.3. The van der Waals surface area contributed by atoms with Gasteiger partial charge in [0.2, 0.25) is 11.9 Å². The standard InChI is InChI=1S/C24H29N5O2/c1-16(2)29-12-10-21(11-13-29)31-22-9-4-6-18-15-25-24(28-23(18)22)27-20-8-5-7-19(14-20)26-17(3)30/h4-9,14-16,21H,10-13H2,1-3H3,(H,26,30)(H,25,27,28). The van der Waals surface area contributed by atoms with Crippen molar-refractivity contribution in [3.8, 4) is 5.75 Å². The smallest absolute Gasteiger partial charge is 0.227 e. The van der Waals surface area contributed by atoms with E-state index in [0.29, 0.717) is 12.0 Å². The number of aromatic nitrogens is 2. The zero-order chi connectivity index (χ0) is 21.8. The minimum absolute atomic E-state index is 0.111. The van der Waals surface area contributed by atoms with Gasteiger partial charge in [-0.1, -0.05) is 18.2 Å². The average molecular weight is 420 g/mol. The van der Waals surface area contributed by atoms with Crippen molar-refractivity contribution in [2.24, 2.45) is 0 Å². The summed E-state index contributed by atoms with van der Waals surface area (Å²) in [4.78, 5) is 23.0. The van der Waals surface area contributed by atoms with Crippen LogP contribution in [0.2, 0.25) is 0 Å². The molecule has 1 fully saturated rings. The molecule has 4 rings (SSSR count). The van der Waals surface area contributed by atoms with Crippen LogP contribution in [-0.4, -0.2) is 46.0 Å². The van der Waals surface area contributed by atoms with Crippen LogP contribution in [0.3, 0.4) is 0 Å². The lowest BCUT2D eigenvalue weighted by Crippen LogP contribution is -2.41. The van der Waals surface area contributed by atoms with E-state index in [4.69, 9.17) is 9.72 Å². The van der Waals surface area contributed by atoms with E-state index in [1.54, 1.807) is 6.20 Å². The van der Waals surface area contributed by atoms with Gasteiger partial charge in [0.1, 0.15) is 17.4 Å². The predicted molar refractivity (Wildman–Crippen MR) is 124 cm³/mol. The van der Waals surface area contributed by atoms with Crippen molar-refractivity contribution in [1.82, 2.24) is 14.9 Å². The molecule has 162 valence electrons. The molecule has 1 aliphatic rings. The van der Waals surface area contributed by atoms with Gasteiger partial charge >= 0.3 is 0 Å². The molecule has 1 amide bonds. The van der Waals surface area contributed by atoms with Gasteiger partial charge in [-0.2, -0.15) is 0 Å². The van der Waals surface area contributed by atoms with Gasteiger partial charge in [0.15, 0.2) is 0 Å². The van der Waals surface area contributed by atoms with Crippen molar-refractivity contribution in [1.29, 1.82) is 0 Å². The third-order valence-electron chi connectivity index (χ3n) is 5.51. The Morgan fingerprint density at radius 3 is 2.61 bits per heavy atom. The van der Waals surface area contributed by atoms with Crippen molar-refractivity contribution in [3.05, 3.63) is 48.7 Å². The number of ether oxygens (including phenoxy) is 1. The molecular weight excluding hydrogens is 390 g/mol. The predicted octanol–water partition coefficient (Wildman–Crippen LogP) is 4.58. The Labute approximate surface area is 182 Å². The van der Waals surface area contributed by atoms with E-state index < -0.39 is 0 Å². The number of fused-ring (bicyclic) bond motifs is 1. The Hall–Kier alpha value is -3.19. The van der Waals surface area contributed by atoms with Crippen molar-refractivity contribution in [3.63, 3.8) is 0 Å². The molecule has 2 heterocycles. The summed E-state index contributed by atoms with van der Waals surface area (Å²) in [5, 5.41) is 6.94. The number of benzene rings is 2. The molecule has 2 N–H and O–H groups in total. The molecule has 0 aliphatic carbocycles. The molecule has 0 bridgehead atoms. The summed E-state index contributed by atoms with van der Waals surface area (Å²) in [7, 11) is 0. The lowest BCUT2D eigenvalue weighted by molar-refractivity contribution is -0.114. The van der Waals surface area contributed by atoms with Gasteiger partial charge in [0.25, 0.3) is 0 Å². The number of anilines is 3. The Morgan fingerprint density at radius 2 is 1.87 bits per heavy atom. The van der Waals surface area contributed by atoms with Crippen LogP contribution in [0.25, 0.3) is 10.9 Å². The zero-order valence-electron chi connectivity index (χ0n) is 18.3. The number of carbonyl (C=O) groups excluding carboxylic acids is 1. The second-order valence-corrected chi connectivity index (χ2v) is 8.22. The van der Waals surface area contributed by atoms with E-state index in [0.717, 1.165) is 54.0 Å². The molecule has 0 atom stereocenters. The first-order valence-electron chi connectivity index (χ1n) is 10.8. The summed E-state index contributed by atoms with van der Waals surface area (Å²) < 4.78 is 6.37. The molecular formula is C24H29N5O2. The van der Waals surface area contributed by atoms with Crippen LogP contribution < -0.4 is 15.4 Å². The molecule has 3 aromatic rings. The summed E-state index contributed by atoms with van der Waals surface area (Å²) >= 11 is 0. The summed E-state index contributed by atoms with van der Waals surface area (Å²) in [6.07, 6.45) is 4.03. The highest BCUT2D eigenvalue weighted by Gasteiger charge is 2.22. The number of likely N-dealkylation sites (tertiary alicyclic amines) is 1. The van der Waals surface area contributed by atoms with Crippen molar-refractivity contribution < 1.29 is 9.53 Å². The number of carbonyl (C=O) groups is 1. The van der Waals surface area contributed by atoms with Crippen molar-refractivity contribution in [2.45, 2.75) is 45.8 Å². The summed E-state index contributed by atoms with van der Waals surface area (Å²) in [6, 6.07) is 14.0. The maximum atomic E-state index is 11.3. The van der Waals surface area contributed by atoms with E-state index in [-0.39, 0.29) is 12.0 Å². The van der Waals surface area contributed by atoms with E-state index in [1.165, 1.54) is 6.92 Å². The van der Waals surface area contributed by atoms with E-state index in [9.17, 15) is 4.79 Å². The Balaban J connectivity index is 1.52. The highest BCUT2D eigenvalue weighted by atomic mass is 16.5. The summed E-state index contributed by atoms with van der Waals surface area (Å²) in [5.74, 6) is 1.16. The van der Waals surface area contributed by atoms with Gasteiger partial charge < -0.3 is 20.3 Å². The molecule has 0 unspecified atom stereocenters. The number of hydrogen-bond donors (Lipinski definition) is 2. The molecule has 7 heteroatoms. The monoisotopic (exact) mass is 419 g/mol. The second kappa shape index (κ2) is 9.31. The van der Waals surface area contributed by atoms with Gasteiger partial charge in [-0.05, 0) is 51.0 Å². The van der Waals surface area contributed by atoms with Crippen LogP contribution in [0.5, 0.6) is 5.75 Å². The molecule has 0 spiro atoms. The number of para-hydroxylation sites is 1. The van der Waals surface area contributed by atoms with Crippen molar-refractivity contribution in [2.75, 3.05) is 23.7 Å². The summed E-state index contributed by atoms with van der Waals surface area (Å²) in [5.41, 5.74) is 2.31. The van der Waals surface area contributed by atoms with Gasteiger partial charge in [-0.15, -0.1) is 0 Å². The van der Waals surface area contributed by atoms with E-state index in [1.807, 2.05) is 42.5 Å². The van der Waals surface area contributed by atoms with Gasteiger partial charge in [-0.3, -0.25) is 4.79 Å². The fourth-order valence-corrected chi connectivity index (χ4v) is 3.88. The average Bonchev–Trinajstić information content (AvgIpc) is 2.74. The number of nitrogens with zero attached hydrogens (tertiary/aromatic N) is 3. The highest BCUT2D eigenvalue weighted by molar-refractivity contribution is 5.89. The summed E-state index contributed by atoms with van der Waals surface area (Å²) in [6.45, 7) is 8.08. The third kappa shape index (κ3) is 5.30. The first kappa shape index (κ1) is 21.1. The van der Waals surface area contributed by atoms with Crippen LogP contribution in [0.4, 0.5) is 17.3 Å². The largest absolute Gasteiger partial charge is 0.488 e. The second-order valence-electron chi connectivity index (χ2n) is 8.22. The maximum Gasteiger partial charge on any atom is 0.227 e. The lowest BCUT2D eigenvalue weighted by Gasteiger charge is -2.34. The number of rotatable bonds is 6. The van der Waals surface area contributed by atoms with Crippen molar-refractivity contribution >= 4 is 34.1 Å². The maximum absolute atomic E-state index is 11.3. The molecule has 0 saturated carbocycles. The molecule has 1 saturated heterocycles. The molecule has 2 aromatic carbocycles. The fourth-order valence-electron chi connectivity index (χ4n) is 3.88. The first-order valence-corrected chi connectivity index (χ1v) is 10.8. The normalized spacial score (nSPS) is 15.2. The molecule has 1 aliphatic heterocycles. The van der Waals surface area contributed by atoms with Gasteiger partial charge in [-0.25, -0.2) is 9.97 Å². The van der Waals surface area contributed by atoms with E-state index in [2.05, 4.69) is 34.4 Å². The number of amides is 1. The Morgan fingerprint density at radius 1 is 1.13 bits per heavy atom. The lowest BCUT2D eigenvalue weighted by atomic mass is 10.1. The minimum Gasteiger partial charge on any atom is -0.488 e. The first-order chi connectivity index (χ1) is 15.0. The Bertz CT molecular complexity index is 1060. The van der Waals surface area contributed by atoms with Crippen LogP contribution in [0.1, 0.15) is 33.6 Å². The molecule has 0 radical (unpaired) electrons. The quantitative estimate of drug-likeness (QED) is 0.609. The highest BCUT2D eigenvalue weighted by Crippen LogP contribution is 2.28. The van der Waals surface area contributed by atoms with Crippen LogP contribution >= 0.6 is 0 Å². The van der Waals surface area contributed by atoms with Gasteiger partial charge in [0, 0.05) is 49.0 Å². The third-order valence-corrected chi connectivity index (χ3v) is 5.51. The van der Waals surface area contributed by atoms with Crippen LogP contribution in [0.15, 0.2) is 48.7 Å². The van der Waals surface area contributed by atoms with E-state index >= 15 is 0 Å². The Kier molecular flexibility index (Phi) is 6.32. The van der Waals surface area contributed by atoms with Crippen LogP contribution in [0, 0.1) is 0 Å². The number of piperidine rings is 1. The molecule has 31 heavy (non-hydrogen) atoms. The molecule has 1 aromatic heterocycles.